The summed E-state index contributed by atoms with van der Waals surface area (Å²) in [5, 5.41) is 11.1. The van der Waals surface area contributed by atoms with Crippen molar-refractivity contribution in [2.75, 3.05) is 5.73 Å². The first-order valence-electron chi connectivity index (χ1n) is 5.30. The second-order valence-corrected chi connectivity index (χ2v) is 4.65. The van der Waals surface area contributed by atoms with Crippen LogP contribution in [-0.4, -0.2) is 22.5 Å². The largest absolute Gasteiger partial charge is 0.481 e. The molecule has 4 N–H and O–H groups in total. The molecule has 1 rings (SSSR count). The van der Waals surface area contributed by atoms with Crippen LogP contribution in [0.3, 0.4) is 0 Å². The molecule has 0 bridgehead atoms. The summed E-state index contributed by atoms with van der Waals surface area (Å²) >= 11 is 0. The maximum absolute atomic E-state index is 13.5. The summed E-state index contributed by atoms with van der Waals surface area (Å²) in [6.45, 7) is 3.10. The van der Waals surface area contributed by atoms with Crippen LogP contribution in [0.5, 0.6) is 0 Å². The van der Waals surface area contributed by atoms with Crippen molar-refractivity contribution in [3.8, 4) is 0 Å². The van der Waals surface area contributed by atoms with Crippen LogP contribution in [0.4, 0.5) is 10.1 Å². The predicted octanol–water partition coefficient (Wildman–Crippen LogP) is 1.39. The van der Waals surface area contributed by atoms with Crippen molar-refractivity contribution < 1.29 is 19.1 Å². The third-order valence-corrected chi connectivity index (χ3v) is 2.28. The van der Waals surface area contributed by atoms with E-state index in [1.54, 1.807) is 13.8 Å². The van der Waals surface area contributed by atoms with Gasteiger partial charge < -0.3 is 16.2 Å². The van der Waals surface area contributed by atoms with Gasteiger partial charge in [0.05, 0.1) is 12.0 Å². The molecule has 0 heterocycles. The lowest BCUT2D eigenvalue weighted by atomic mass is 10.00. The number of carboxylic acids is 1. The zero-order valence-electron chi connectivity index (χ0n) is 10.2. The summed E-state index contributed by atoms with van der Waals surface area (Å²) in [5.74, 6) is -2.45. The van der Waals surface area contributed by atoms with Crippen molar-refractivity contribution in [3.63, 3.8) is 0 Å². The van der Waals surface area contributed by atoms with Gasteiger partial charge in [0.25, 0.3) is 5.91 Å². The van der Waals surface area contributed by atoms with E-state index < -0.39 is 23.2 Å². The van der Waals surface area contributed by atoms with Gasteiger partial charge in [-0.15, -0.1) is 0 Å². The highest BCUT2D eigenvalue weighted by molar-refractivity contribution is 5.95. The molecule has 18 heavy (non-hydrogen) atoms. The number of amides is 1. The van der Waals surface area contributed by atoms with Crippen molar-refractivity contribution in [1.82, 2.24) is 5.32 Å². The molecule has 1 aromatic carbocycles. The summed E-state index contributed by atoms with van der Waals surface area (Å²) in [7, 11) is 0. The van der Waals surface area contributed by atoms with Gasteiger partial charge in [0.15, 0.2) is 0 Å². The molecule has 0 saturated carbocycles. The minimum atomic E-state index is -1.04. The molecule has 1 aromatic rings. The third-order valence-electron chi connectivity index (χ3n) is 2.28. The Labute approximate surface area is 104 Å². The second-order valence-electron chi connectivity index (χ2n) is 4.65. The number of carboxylic acid groups (broad SMARTS) is 1. The van der Waals surface area contributed by atoms with E-state index in [4.69, 9.17) is 10.8 Å². The molecular formula is C12H15FN2O3. The molecule has 0 aromatic heterocycles. The fraction of sp³-hybridized carbons (Fsp3) is 0.333. The highest BCUT2D eigenvalue weighted by atomic mass is 19.1. The van der Waals surface area contributed by atoms with E-state index in [1.165, 1.54) is 12.1 Å². The number of benzene rings is 1. The van der Waals surface area contributed by atoms with Crippen LogP contribution in [0.1, 0.15) is 30.6 Å². The molecule has 1 amide bonds. The number of carbonyl (C=O) groups is 2. The van der Waals surface area contributed by atoms with E-state index in [1.807, 2.05) is 0 Å². The second kappa shape index (κ2) is 5.03. The summed E-state index contributed by atoms with van der Waals surface area (Å²) in [4.78, 5) is 22.4. The van der Waals surface area contributed by atoms with E-state index in [2.05, 4.69) is 5.32 Å². The maximum Gasteiger partial charge on any atom is 0.305 e. The molecule has 98 valence electrons. The molecule has 0 aliphatic heterocycles. The topological polar surface area (TPSA) is 92.4 Å². The number of nitrogens with two attached hydrogens (primary N) is 1. The molecule has 0 saturated heterocycles. The van der Waals surface area contributed by atoms with Crippen molar-refractivity contribution in [1.29, 1.82) is 0 Å². The summed E-state index contributed by atoms with van der Waals surface area (Å²) in [6.07, 6.45) is -0.255. The monoisotopic (exact) mass is 254 g/mol. The number of hydrogen-bond acceptors (Lipinski definition) is 3. The van der Waals surface area contributed by atoms with Gasteiger partial charge in [-0.3, -0.25) is 9.59 Å². The van der Waals surface area contributed by atoms with Gasteiger partial charge in [-0.05, 0) is 32.0 Å². The fourth-order valence-electron chi connectivity index (χ4n) is 1.51. The third kappa shape index (κ3) is 3.73. The number of carbonyl (C=O) groups excluding carboxylic acids is 1. The lowest BCUT2D eigenvalue weighted by Gasteiger charge is -2.24. The minimum absolute atomic E-state index is 0.164. The Morgan fingerprint density at radius 2 is 2.06 bits per heavy atom. The average molecular weight is 254 g/mol. The van der Waals surface area contributed by atoms with Crippen LogP contribution in [0.15, 0.2) is 18.2 Å². The number of halogens is 1. The molecular weight excluding hydrogens is 239 g/mol. The zero-order chi connectivity index (χ0) is 13.9. The number of hydrogen-bond donors (Lipinski definition) is 3. The number of rotatable bonds is 4. The van der Waals surface area contributed by atoms with E-state index in [-0.39, 0.29) is 17.7 Å². The Bertz CT molecular complexity index is 486. The van der Waals surface area contributed by atoms with E-state index in [0.717, 1.165) is 6.07 Å². The zero-order valence-corrected chi connectivity index (χ0v) is 10.2. The maximum atomic E-state index is 13.5. The molecule has 0 spiro atoms. The molecule has 6 heteroatoms. The molecule has 5 nitrogen and oxygen atoms in total. The lowest BCUT2D eigenvalue weighted by Crippen LogP contribution is -2.45. The fourth-order valence-corrected chi connectivity index (χ4v) is 1.51. The van der Waals surface area contributed by atoms with Gasteiger partial charge in [0.1, 0.15) is 5.82 Å². The van der Waals surface area contributed by atoms with Crippen LogP contribution >= 0.6 is 0 Å². The first-order valence-corrected chi connectivity index (χ1v) is 5.30. The van der Waals surface area contributed by atoms with Crippen LogP contribution < -0.4 is 11.1 Å². The highest BCUT2D eigenvalue weighted by Gasteiger charge is 2.25. The molecule has 0 unspecified atom stereocenters. The van der Waals surface area contributed by atoms with Crippen molar-refractivity contribution in [2.24, 2.45) is 0 Å². The Balaban J connectivity index is 2.85. The Morgan fingerprint density at radius 1 is 1.44 bits per heavy atom. The lowest BCUT2D eigenvalue weighted by molar-refractivity contribution is -0.138. The van der Waals surface area contributed by atoms with Gasteiger partial charge in [0.2, 0.25) is 0 Å². The Kier molecular flexibility index (Phi) is 3.90. The molecule has 0 atom stereocenters. The minimum Gasteiger partial charge on any atom is -0.481 e. The van der Waals surface area contributed by atoms with Crippen LogP contribution in [0.25, 0.3) is 0 Å². The average Bonchev–Trinajstić information content (AvgIpc) is 2.13. The molecule has 0 radical (unpaired) electrons. The molecule has 0 aliphatic carbocycles. The van der Waals surface area contributed by atoms with E-state index >= 15 is 0 Å². The summed E-state index contributed by atoms with van der Waals surface area (Å²) < 4.78 is 13.5. The molecule has 0 aliphatic rings. The number of aliphatic carboxylic acids is 1. The summed E-state index contributed by atoms with van der Waals surface area (Å²) in [6, 6.07) is 3.71. The van der Waals surface area contributed by atoms with Crippen molar-refractivity contribution >= 4 is 17.6 Å². The number of anilines is 1. The van der Waals surface area contributed by atoms with Crippen molar-refractivity contribution in [3.05, 3.63) is 29.6 Å². The first-order chi connectivity index (χ1) is 8.21. The standard InChI is InChI=1S/C12H15FN2O3/c1-12(2,6-10(16)17)15-11(18)8-4-3-7(14)5-9(8)13/h3-5H,6,14H2,1-2H3,(H,15,18)(H,16,17). The van der Waals surface area contributed by atoms with Crippen LogP contribution in [0.2, 0.25) is 0 Å². The van der Waals surface area contributed by atoms with Crippen molar-refractivity contribution in [2.45, 2.75) is 25.8 Å². The number of nitrogen functional groups attached to an aromatic ring is 1. The van der Waals surface area contributed by atoms with Gasteiger partial charge in [-0.2, -0.15) is 0 Å². The normalized spacial score (nSPS) is 11.1. The van der Waals surface area contributed by atoms with Gasteiger partial charge in [-0.25, -0.2) is 4.39 Å². The van der Waals surface area contributed by atoms with Gasteiger partial charge in [0, 0.05) is 11.2 Å². The van der Waals surface area contributed by atoms with E-state index in [0.29, 0.717) is 0 Å². The molecule has 0 fully saturated rings. The van der Waals surface area contributed by atoms with Crippen LogP contribution in [0, 0.1) is 5.82 Å². The Hall–Kier alpha value is -2.11. The quantitative estimate of drug-likeness (QED) is 0.708. The smallest absolute Gasteiger partial charge is 0.305 e. The predicted molar refractivity (Wildman–Crippen MR) is 64.6 cm³/mol. The Morgan fingerprint density at radius 3 is 2.56 bits per heavy atom. The van der Waals surface area contributed by atoms with Crippen LogP contribution in [-0.2, 0) is 4.79 Å². The van der Waals surface area contributed by atoms with E-state index in [9.17, 15) is 14.0 Å². The summed E-state index contributed by atoms with van der Waals surface area (Å²) in [5.41, 5.74) is 4.46. The first kappa shape index (κ1) is 14.0. The highest BCUT2D eigenvalue weighted by Crippen LogP contribution is 2.14. The van der Waals surface area contributed by atoms with Gasteiger partial charge in [-0.1, -0.05) is 0 Å². The number of nitrogens with one attached hydrogen (secondary N) is 1. The SMILES string of the molecule is CC(C)(CC(=O)O)NC(=O)c1ccc(N)cc1F. The van der Waals surface area contributed by atoms with Gasteiger partial charge >= 0.3 is 5.97 Å².